The number of hydrogen-bond acceptors (Lipinski definition) is 6. The van der Waals surface area contributed by atoms with E-state index in [9.17, 15) is 13.2 Å². The fourth-order valence-electron chi connectivity index (χ4n) is 3.23. The Morgan fingerprint density at radius 1 is 1.10 bits per heavy atom. The zero-order valence-electron chi connectivity index (χ0n) is 18.0. The van der Waals surface area contributed by atoms with E-state index >= 15 is 0 Å². The van der Waals surface area contributed by atoms with Gasteiger partial charge in [0.1, 0.15) is 23.4 Å². The Kier molecular flexibility index (Phi) is 6.35. The number of carbonyl (C=O) groups is 1. The van der Waals surface area contributed by atoms with Gasteiger partial charge in [-0.3, -0.25) is 4.79 Å². The van der Waals surface area contributed by atoms with Gasteiger partial charge < -0.3 is 19.4 Å². The lowest BCUT2D eigenvalue weighted by Gasteiger charge is -2.21. The summed E-state index contributed by atoms with van der Waals surface area (Å²) in [5, 5.41) is 2.99. The number of rotatable bonds is 7. The molecule has 0 radical (unpaired) electrons. The second-order valence-corrected chi connectivity index (χ2v) is 9.21. The van der Waals surface area contributed by atoms with Gasteiger partial charge >= 0.3 is 0 Å². The molecule has 0 saturated heterocycles. The molecule has 3 rings (SSSR count). The van der Waals surface area contributed by atoms with Crippen molar-refractivity contribution >= 4 is 15.7 Å². The molecule has 0 aliphatic carbocycles. The Morgan fingerprint density at radius 2 is 1.74 bits per heavy atom. The number of carbonyl (C=O) groups excluding carboxylic acids is 1. The summed E-state index contributed by atoms with van der Waals surface area (Å²) in [6, 6.07) is 9.20. The molecule has 3 aromatic rings. The van der Waals surface area contributed by atoms with Crippen molar-refractivity contribution < 1.29 is 22.7 Å². The monoisotopic (exact) mass is 443 g/mol. The molecule has 0 unspecified atom stereocenters. The van der Waals surface area contributed by atoms with E-state index in [0.717, 1.165) is 6.26 Å². The minimum atomic E-state index is -3.45. The zero-order chi connectivity index (χ0) is 22.8. The summed E-state index contributed by atoms with van der Waals surface area (Å²) >= 11 is 0. The van der Waals surface area contributed by atoms with Crippen LogP contribution in [0.4, 0.5) is 0 Å². The molecule has 0 saturated carbocycles. The van der Waals surface area contributed by atoms with Crippen molar-refractivity contribution in [3.8, 4) is 11.5 Å². The molecule has 0 aliphatic heterocycles. The van der Waals surface area contributed by atoms with Gasteiger partial charge in [0.25, 0.3) is 5.91 Å². The Balaban J connectivity index is 2.07. The molecule has 1 heterocycles. The van der Waals surface area contributed by atoms with Gasteiger partial charge in [-0.15, -0.1) is 0 Å². The molecule has 0 fully saturated rings. The first-order valence-corrected chi connectivity index (χ1v) is 11.3. The van der Waals surface area contributed by atoms with Crippen molar-refractivity contribution in [2.75, 3.05) is 20.5 Å². The van der Waals surface area contributed by atoms with E-state index in [2.05, 4.69) is 10.3 Å². The first-order chi connectivity index (χ1) is 14.6. The van der Waals surface area contributed by atoms with Gasteiger partial charge in [0, 0.05) is 37.3 Å². The molecule has 8 nitrogen and oxygen atoms in total. The highest BCUT2D eigenvalue weighted by Gasteiger charge is 2.24. The average Bonchev–Trinajstić information content (AvgIpc) is 3.16. The second-order valence-electron chi connectivity index (χ2n) is 7.20. The number of sulfone groups is 1. The van der Waals surface area contributed by atoms with E-state index in [1.54, 1.807) is 62.4 Å². The Labute approximate surface area is 181 Å². The SMILES string of the molecule is COc1cc(OC)cc([C@@H](NC(=O)c2cc(S(C)(=O)=O)ccc2C)c2nccn2C)c1. The predicted octanol–water partition coefficient (Wildman–Crippen LogP) is 2.67. The molecule has 2 aromatic carbocycles. The molecule has 0 bridgehead atoms. The highest BCUT2D eigenvalue weighted by molar-refractivity contribution is 7.90. The lowest BCUT2D eigenvalue weighted by atomic mass is 10.0. The molecule has 31 heavy (non-hydrogen) atoms. The maximum atomic E-state index is 13.2. The maximum Gasteiger partial charge on any atom is 0.252 e. The summed E-state index contributed by atoms with van der Waals surface area (Å²) in [5.74, 6) is 1.31. The quantitative estimate of drug-likeness (QED) is 0.603. The van der Waals surface area contributed by atoms with Crippen molar-refractivity contribution in [3.63, 3.8) is 0 Å². The highest BCUT2D eigenvalue weighted by Crippen LogP contribution is 2.30. The van der Waals surface area contributed by atoms with E-state index in [1.807, 2.05) is 7.05 Å². The highest BCUT2D eigenvalue weighted by atomic mass is 32.2. The van der Waals surface area contributed by atoms with Crippen LogP contribution < -0.4 is 14.8 Å². The standard InChI is InChI=1S/C22H25N3O5S/c1-14-6-7-18(31(5,27)28)13-19(14)22(26)24-20(21-23-8-9-25(21)2)15-10-16(29-3)12-17(11-15)30-4/h6-13,20H,1-5H3,(H,24,26)/t20-/m1/s1. The summed E-state index contributed by atoms with van der Waals surface area (Å²) in [4.78, 5) is 17.7. The zero-order valence-corrected chi connectivity index (χ0v) is 18.9. The molecule has 1 atom stereocenters. The minimum absolute atomic E-state index is 0.0832. The predicted molar refractivity (Wildman–Crippen MR) is 116 cm³/mol. The van der Waals surface area contributed by atoms with Gasteiger partial charge in [-0.1, -0.05) is 6.07 Å². The van der Waals surface area contributed by atoms with E-state index < -0.39 is 21.8 Å². The lowest BCUT2D eigenvalue weighted by molar-refractivity contribution is 0.0940. The number of benzene rings is 2. The van der Waals surface area contributed by atoms with Gasteiger partial charge in [0.2, 0.25) is 0 Å². The first-order valence-electron chi connectivity index (χ1n) is 9.45. The molecule has 1 aromatic heterocycles. The molecule has 164 valence electrons. The third-order valence-electron chi connectivity index (χ3n) is 4.98. The number of aromatic nitrogens is 2. The van der Waals surface area contributed by atoms with Crippen LogP contribution in [0.1, 0.15) is 33.4 Å². The van der Waals surface area contributed by atoms with E-state index in [0.29, 0.717) is 28.5 Å². The number of nitrogens with zero attached hydrogens (tertiary/aromatic N) is 2. The largest absolute Gasteiger partial charge is 0.497 e. The van der Waals surface area contributed by atoms with Crippen molar-refractivity contribution in [2.45, 2.75) is 17.9 Å². The number of methoxy groups -OCH3 is 2. The molecule has 1 amide bonds. The third kappa shape index (κ3) is 4.88. The third-order valence-corrected chi connectivity index (χ3v) is 6.09. The summed E-state index contributed by atoms with van der Waals surface area (Å²) in [5.41, 5.74) is 1.64. The number of ether oxygens (including phenoxy) is 2. The van der Waals surface area contributed by atoms with Gasteiger partial charge in [0.15, 0.2) is 9.84 Å². The van der Waals surface area contributed by atoms with Crippen LogP contribution in [0.3, 0.4) is 0 Å². The van der Waals surface area contributed by atoms with Crippen molar-refractivity contribution in [2.24, 2.45) is 7.05 Å². The average molecular weight is 444 g/mol. The maximum absolute atomic E-state index is 13.2. The van der Waals surface area contributed by atoms with E-state index in [-0.39, 0.29) is 10.5 Å². The van der Waals surface area contributed by atoms with Gasteiger partial charge in [0.05, 0.1) is 19.1 Å². The number of amides is 1. The van der Waals surface area contributed by atoms with E-state index in [4.69, 9.17) is 9.47 Å². The second kappa shape index (κ2) is 8.81. The molecule has 1 N–H and O–H groups in total. The Hall–Kier alpha value is -3.33. The van der Waals surface area contributed by atoms with Crippen LogP contribution in [0.25, 0.3) is 0 Å². The first kappa shape index (κ1) is 22.4. The van der Waals surface area contributed by atoms with Crippen LogP contribution in [0.15, 0.2) is 53.7 Å². The molecule has 0 spiro atoms. The van der Waals surface area contributed by atoms with E-state index in [1.165, 1.54) is 12.1 Å². The number of hydrogen-bond donors (Lipinski definition) is 1. The summed E-state index contributed by atoms with van der Waals surface area (Å²) in [6.07, 6.45) is 4.53. The lowest BCUT2D eigenvalue weighted by Crippen LogP contribution is -2.31. The number of nitrogens with one attached hydrogen (secondary N) is 1. The minimum Gasteiger partial charge on any atom is -0.497 e. The normalized spacial score (nSPS) is 12.3. The van der Waals surface area contributed by atoms with Gasteiger partial charge in [-0.2, -0.15) is 0 Å². The van der Waals surface area contributed by atoms with Crippen molar-refractivity contribution in [1.29, 1.82) is 0 Å². The van der Waals surface area contributed by atoms with Gasteiger partial charge in [-0.05, 0) is 42.3 Å². The molecular formula is C22H25N3O5S. The number of aryl methyl sites for hydroxylation is 2. The smallest absolute Gasteiger partial charge is 0.252 e. The van der Waals surface area contributed by atoms with Crippen LogP contribution in [0.5, 0.6) is 11.5 Å². The van der Waals surface area contributed by atoms with Crippen LogP contribution >= 0.6 is 0 Å². The van der Waals surface area contributed by atoms with Gasteiger partial charge in [-0.25, -0.2) is 13.4 Å². The summed E-state index contributed by atoms with van der Waals surface area (Å²) < 4.78 is 36.5. The number of imidazole rings is 1. The van der Waals surface area contributed by atoms with Crippen LogP contribution in [-0.4, -0.2) is 44.4 Å². The van der Waals surface area contributed by atoms with Crippen molar-refractivity contribution in [3.05, 3.63) is 71.3 Å². The topological polar surface area (TPSA) is 99.5 Å². The fraction of sp³-hybridized carbons (Fsp3) is 0.273. The fourth-order valence-corrected chi connectivity index (χ4v) is 3.88. The molecule has 0 aliphatic rings. The summed E-state index contributed by atoms with van der Waals surface area (Å²) in [7, 11) is 1.47. The molecule has 9 heteroatoms. The Bertz CT molecular complexity index is 1200. The summed E-state index contributed by atoms with van der Waals surface area (Å²) in [6.45, 7) is 1.76. The molecular weight excluding hydrogens is 418 g/mol. The van der Waals surface area contributed by atoms with Crippen LogP contribution in [0, 0.1) is 6.92 Å². The van der Waals surface area contributed by atoms with Crippen LogP contribution in [0.2, 0.25) is 0 Å². The van der Waals surface area contributed by atoms with Crippen LogP contribution in [-0.2, 0) is 16.9 Å². The van der Waals surface area contributed by atoms with Crippen molar-refractivity contribution in [1.82, 2.24) is 14.9 Å². The Morgan fingerprint density at radius 3 is 2.26 bits per heavy atom.